The standard InChI is InChI=1S/C21H27N3O2/c1-4-17-9-11-19(12-10-17)23-21(26)14-22-20-8-6-7-18(13-20)15-24(5-2)16(3)25/h6-13,22H,4-5,14-15H2,1-3H3,(H,23,26). The zero-order valence-electron chi connectivity index (χ0n) is 15.7. The maximum Gasteiger partial charge on any atom is 0.243 e. The molecule has 5 heteroatoms. The predicted molar refractivity (Wildman–Crippen MR) is 106 cm³/mol. The Labute approximate surface area is 155 Å². The number of hydrogen-bond acceptors (Lipinski definition) is 3. The molecule has 2 aromatic rings. The first-order valence-electron chi connectivity index (χ1n) is 8.99. The molecule has 26 heavy (non-hydrogen) atoms. The Hall–Kier alpha value is -2.82. The van der Waals surface area contributed by atoms with E-state index in [4.69, 9.17) is 0 Å². The van der Waals surface area contributed by atoms with E-state index in [2.05, 4.69) is 17.6 Å². The quantitative estimate of drug-likeness (QED) is 0.761. The third-order valence-corrected chi connectivity index (χ3v) is 4.23. The normalized spacial score (nSPS) is 10.3. The van der Waals surface area contributed by atoms with Gasteiger partial charge >= 0.3 is 0 Å². The van der Waals surface area contributed by atoms with Crippen molar-refractivity contribution in [2.24, 2.45) is 0 Å². The molecular weight excluding hydrogens is 326 g/mol. The molecule has 5 nitrogen and oxygen atoms in total. The van der Waals surface area contributed by atoms with E-state index in [1.54, 1.807) is 11.8 Å². The fraction of sp³-hybridized carbons (Fsp3) is 0.333. The largest absolute Gasteiger partial charge is 0.376 e. The Morgan fingerprint density at radius 2 is 1.69 bits per heavy atom. The summed E-state index contributed by atoms with van der Waals surface area (Å²) < 4.78 is 0. The summed E-state index contributed by atoms with van der Waals surface area (Å²) in [6, 6.07) is 15.6. The van der Waals surface area contributed by atoms with Crippen molar-refractivity contribution >= 4 is 23.2 Å². The summed E-state index contributed by atoms with van der Waals surface area (Å²) in [7, 11) is 0. The van der Waals surface area contributed by atoms with Gasteiger partial charge in [0.25, 0.3) is 0 Å². The van der Waals surface area contributed by atoms with Crippen LogP contribution in [0.25, 0.3) is 0 Å². The smallest absolute Gasteiger partial charge is 0.243 e. The molecule has 2 rings (SSSR count). The molecule has 2 N–H and O–H groups in total. The number of nitrogens with one attached hydrogen (secondary N) is 2. The minimum atomic E-state index is -0.0985. The molecule has 0 spiro atoms. The minimum absolute atomic E-state index is 0.0549. The highest BCUT2D eigenvalue weighted by atomic mass is 16.2. The first-order valence-corrected chi connectivity index (χ1v) is 8.99. The number of aryl methyl sites for hydroxylation is 1. The van der Waals surface area contributed by atoms with Gasteiger partial charge in [-0.3, -0.25) is 9.59 Å². The van der Waals surface area contributed by atoms with Crippen molar-refractivity contribution in [3.8, 4) is 0 Å². The summed E-state index contributed by atoms with van der Waals surface area (Å²) in [6.45, 7) is 7.05. The average molecular weight is 353 g/mol. The molecule has 0 fully saturated rings. The van der Waals surface area contributed by atoms with Crippen LogP contribution in [0.1, 0.15) is 31.9 Å². The Morgan fingerprint density at radius 3 is 2.31 bits per heavy atom. The van der Waals surface area contributed by atoms with Crippen LogP contribution >= 0.6 is 0 Å². The highest BCUT2D eigenvalue weighted by Crippen LogP contribution is 2.13. The molecule has 0 aliphatic carbocycles. The maximum absolute atomic E-state index is 12.1. The number of nitrogens with zero attached hydrogens (tertiary/aromatic N) is 1. The van der Waals surface area contributed by atoms with Crippen molar-refractivity contribution in [1.82, 2.24) is 4.90 Å². The summed E-state index contributed by atoms with van der Waals surface area (Å²) in [4.78, 5) is 25.4. The second-order valence-corrected chi connectivity index (χ2v) is 6.19. The Morgan fingerprint density at radius 1 is 0.962 bits per heavy atom. The van der Waals surface area contributed by atoms with Gasteiger partial charge in [0.15, 0.2) is 0 Å². The Bertz CT molecular complexity index is 741. The van der Waals surface area contributed by atoms with Crippen LogP contribution in [0.3, 0.4) is 0 Å². The number of benzene rings is 2. The molecular formula is C21H27N3O2. The van der Waals surface area contributed by atoms with Crippen LogP contribution in [0.2, 0.25) is 0 Å². The van der Waals surface area contributed by atoms with Crippen molar-refractivity contribution in [1.29, 1.82) is 0 Å². The average Bonchev–Trinajstić information content (AvgIpc) is 2.65. The van der Waals surface area contributed by atoms with Gasteiger partial charge in [-0.05, 0) is 48.7 Å². The highest BCUT2D eigenvalue weighted by molar-refractivity contribution is 5.93. The second kappa shape index (κ2) is 9.61. The van der Waals surface area contributed by atoms with Crippen molar-refractivity contribution in [2.45, 2.75) is 33.7 Å². The molecule has 0 heterocycles. The van der Waals surface area contributed by atoms with Crippen molar-refractivity contribution in [2.75, 3.05) is 23.7 Å². The van der Waals surface area contributed by atoms with Crippen LogP contribution < -0.4 is 10.6 Å². The molecule has 0 aliphatic rings. The van der Waals surface area contributed by atoms with E-state index in [1.807, 2.05) is 55.5 Å². The van der Waals surface area contributed by atoms with Crippen LogP contribution in [0.5, 0.6) is 0 Å². The summed E-state index contributed by atoms with van der Waals surface area (Å²) in [5.74, 6) is -0.0436. The molecule has 0 aliphatic heterocycles. The Balaban J connectivity index is 1.89. The third-order valence-electron chi connectivity index (χ3n) is 4.23. The van der Waals surface area contributed by atoms with Crippen LogP contribution in [0.15, 0.2) is 48.5 Å². The van der Waals surface area contributed by atoms with Gasteiger partial charge in [-0.15, -0.1) is 0 Å². The second-order valence-electron chi connectivity index (χ2n) is 6.19. The summed E-state index contributed by atoms with van der Waals surface area (Å²) in [5, 5.41) is 6.01. The van der Waals surface area contributed by atoms with Crippen LogP contribution in [0.4, 0.5) is 11.4 Å². The van der Waals surface area contributed by atoms with Crippen LogP contribution in [-0.4, -0.2) is 29.8 Å². The number of carbonyl (C=O) groups is 2. The van der Waals surface area contributed by atoms with Gasteiger partial charge < -0.3 is 15.5 Å². The lowest BCUT2D eigenvalue weighted by Crippen LogP contribution is -2.27. The lowest BCUT2D eigenvalue weighted by atomic mass is 10.1. The SMILES string of the molecule is CCc1ccc(NC(=O)CNc2cccc(CN(CC)C(C)=O)c2)cc1. The lowest BCUT2D eigenvalue weighted by Gasteiger charge is -2.19. The van der Waals surface area contributed by atoms with E-state index in [-0.39, 0.29) is 18.4 Å². The van der Waals surface area contributed by atoms with E-state index in [1.165, 1.54) is 5.56 Å². The molecule has 0 unspecified atom stereocenters. The fourth-order valence-corrected chi connectivity index (χ4v) is 2.66. The molecule has 2 aromatic carbocycles. The topological polar surface area (TPSA) is 61.4 Å². The molecule has 0 saturated carbocycles. The van der Waals surface area contributed by atoms with E-state index in [9.17, 15) is 9.59 Å². The molecule has 2 amide bonds. The van der Waals surface area contributed by atoms with Gasteiger partial charge in [-0.1, -0.05) is 31.2 Å². The number of carbonyl (C=O) groups excluding carboxylic acids is 2. The highest BCUT2D eigenvalue weighted by Gasteiger charge is 2.08. The van der Waals surface area contributed by atoms with Gasteiger partial charge in [0.05, 0.1) is 6.54 Å². The van der Waals surface area contributed by atoms with E-state index in [0.717, 1.165) is 23.4 Å². The first-order chi connectivity index (χ1) is 12.5. The molecule has 0 radical (unpaired) electrons. The molecule has 0 saturated heterocycles. The third kappa shape index (κ3) is 5.92. The maximum atomic E-state index is 12.1. The van der Waals surface area contributed by atoms with E-state index >= 15 is 0 Å². The van der Waals surface area contributed by atoms with Gasteiger partial charge in [-0.25, -0.2) is 0 Å². The van der Waals surface area contributed by atoms with Gasteiger partial charge in [-0.2, -0.15) is 0 Å². The fourth-order valence-electron chi connectivity index (χ4n) is 2.66. The zero-order valence-corrected chi connectivity index (χ0v) is 15.7. The molecule has 0 bridgehead atoms. The van der Waals surface area contributed by atoms with Gasteiger partial charge in [0.2, 0.25) is 11.8 Å². The van der Waals surface area contributed by atoms with E-state index < -0.39 is 0 Å². The molecule has 138 valence electrons. The number of rotatable bonds is 8. The van der Waals surface area contributed by atoms with Crippen molar-refractivity contribution in [3.05, 3.63) is 59.7 Å². The van der Waals surface area contributed by atoms with Crippen molar-refractivity contribution < 1.29 is 9.59 Å². The molecule has 0 aromatic heterocycles. The zero-order chi connectivity index (χ0) is 18.9. The molecule has 0 atom stereocenters. The number of hydrogen-bond donors (Lipinski definition) is 2. The van der Waals surface area contributed by atoms with Crippen LogP contribution in [-0.2, 0) is 22.6 Å². The number of amides is 2. The van der Waals surface area contributed by atoms with E-state index in [0.29, 0.717) is 13.1 Å². The number of anilines is 2. The predicted octanol–water partition coefficient (Wildman–Crippen LogP) is 3.67. The summed E-state index contributed by atoms with van der Waals surface area (Å²) in [6.07, 6.45) is 0.977. The Kier molecular flexibility index (Phi) is 7.21. The first kappa shape index (κ1) is 19.5. The summed E-state index contributed by atoms with van der Waals surface area (Å²) in [5.41, 5.74) is 3.92. The van der Waals surface area contributed by atoms with Crippen LogP contribution in [0, 0.1) is 0 Å². The summed E-state index contributed by atoms with van der Waals surface area (Å²) >= 11 is 0. The van der Waals surface area contributed by atoms with Gasteiger partial charge in [0, 0.05) is 31.4 Å². The minimum Gasteiger partial charge on any atom is -0.376 e. The van der Waals surface area contributed by atoms with Crippen molar-refractivity contribution in [3.63, 3.8) is 0 Å². The lowest BCUT2D eigenvalue weighted by molar-refractivity contribution is -0.129. The monoisotopic (exact) mass is 353 g/mol. The van der Waals surface area contributed by atoms with Gasteiger partial charge in [0.1, 0.15) is 0 Å².